The number of hydrogen-bond donors (Lipinski definition) is 1. The van der Waals surface area contributed by atoms with Gasteiger partial charge in [0, 0.05) is 12.0 Å². The summed E-state index contributed by atoms with van der Waals surface area (Å²) in [4.78, 5) is 12.2. The van der Waals surface area contributed by atoms with Crippen LogP contribution in [0, 0.1) is 0 Å². The molecule has 0 saturated carbocycles. The van der Waals surface area contributed by atoms with Gasteiger partial charge < -0.3 is 5.32 Å². The topological polar surface area (TPSA) is 46.9 Å². The number of fused-ring (bicyclic) bond motifs is 1. The number of para-hydroxylation sites is 1. The summed E-state index contributed by atoms with van der Waals surface area (Å²) in [6.07, 6.45) is 3.69. The van der Waals surface area contributed by atoms with Crippen molar-refractivity contribution in [2.75, 3.05) is 17.3 Å². The molecule has 0 spiro atoms. The Hall–Kier alpha value is -1.75. The Morgan fingerprint density at radius 3 is 2.74 bits per heavy atom. The lowest BCUT2D eigenvalue weighted by Crippen LogP contribution is -2.25. The third-order valence-corrected chi connectivity index (χ3v) is 4.91. The smallest absolute Gasteiger partial charge is 0.226 e. The van der Waals surface area contributed by atoms with E-state index in [-0.39, 0.29) is 11.8 Å². The van der Waals surface area contributed by atoms with Gasteiger partial charge in [-0.2, -0.15) is 16.9 Å². The van der Waals surface area contributed by atoms with Crippen molar-refractivity contribution >= 4 is 23.5 Å². The monoisotopic (exact) mass is 329 g/mol. The molecule has 0 bridgehead atoms. The molecule has 1 N–H and O–H groups in total. The molecule has 1 aromatic heterocycles. The predicted octanol–water partition coefficient (Wildman–Crippen LogP) is 4.17. The number of nitrogens with one attached hydrogen (secondary N) is 1. The first-order chi connectivity index (χ1) is 11.1. The van der Waals surface area contributed by atoms with Crippen LogP contribution >= 0.6 is 11.8 Å². The third-order valence-electron chi connectivity index (χ3n) is 4.27. The second-order valence-corrected chi connectivity index (χ2v) is 7.27. The highest BCUT2D eigenvalue weighted by Gasteiger charge is 2.33. The van der Waals surface area contributed by atoms with Gasteiger partial charge >= 0.3 is 0 Å². The van der Waals surface area contributed by atoms with Gasteiger partial charge in [0.25, 0.3) is 0 Å². The standard InChI is InChI=1S/C18H23N3OS/c1-12(2)17-16-13(9-10-23-3)11-15(22)19-18(16)21(20-17)14-7-5-4-6-8-14/h4-8,12-13H,9-11H2,1-3H3,(H,19,22)/t13-/m0/s1. The van der Waals surface area contributed by atoms with Crippen molar-refractivity contribution in [1.29, 1.82) is 0 Å². The summed E-state index contributed by atoms with van der Waals surface area (Å²) in [5.74, 6) is 2.62. The minimum absolute atomic E-state index is 0.0935. The van der Waals surface area contributed by atoms with Gasteiger partial charge in [-0.25, -0.2) is 4.68 Å². The minimum Gasteiger partial charge on any atom is -0.310 e. The molecule has 5 heteroatoms. The maximum absolute atomic E-state index is 12.2. The second kappa shape index (κ2) is 6.79. The van der Waals surface area contributed by atoms with Crippen LogP contribution in [0.25, 0.3) is 5.69 Å². The lowest BCUT2D eigenvalue weighted by Gasteiger charge is -2.24. The molecule has 23 heavy (non-hydrogen) atoms. The summed E-state index contributed by atoms with van der Waals surface area (Å²) >= 11 is 1.83. The first-order valence-electron chi connectivity index (χ1n) is 8.08. The van der Waals surface area contributed by atoms with E-state index in [0.717, 1.165) is 29.4 Å². The molecular weight excluding hydrogens is 306 g/mol. The van der Waals surface area contributed by atoms with Crippen LogP contribution in [0.5, 0.6) is 0 Å². The normalized spacial score (nSPS) is 17.2. The second-order valence-electron chi connectivity index (χ2n) is 6.28. The van der Waals surface area contributed by atoms with Crippen molar-refractivity contribution < 1.29 is 4.79 Å². The number of aromatic nitrogens is 2. The summed E-state index contributed by atoms with van der Waals surface area (Å²) in [6.45, 7) is 4.33. The average molecular weight is 329 g/mol. The number of rotatable bonds is 5. The number of nitrogens with zero attached hydrogens (tertiary/aromatic N) is 2. The Morgan fingerprint density at radius 2 is 2.09 bits per heavy atom. The maximum atomic E-state index is 12.2. The van der Waals surface area contributed by atoms with E-state index in [0.29, 0.717) is 12.3 Å². The lowest BCUT2D eigenvalue weighted by molar-refractivity contribution is -0.116. The van der Waals surface area contributed by atoms with Gasteiger partial charge in [0.05, 0.1) is 11.4 Å². The first kappa shape index (κ1) is 16.1. The molecule has 4 nitrogen and oxygen atoms in total. The fourth-order valence-electron chi connectivity index (χ4n) is 3.17. The SMILES string of the molecule is CSCC[C@H]1CC(=O)Nc2c1c(C(C)C)nn2-c1ccccc1. The lowest BCUT2D eigenvalue weighted by atomic mass is 9.87. The highest BCUT2D eigenvalue weighted by Crippen LogP contribution is 2.41. The number of benzene rings is 1. The molecule has 1 aromatic carbocycles. The quantitative estimate of drug-likeness (QED) is 0.895. The van der Waals surface area contributed by atoms with Crippen molar-refractivity contribution in [2.45, 2.75) is 38.5 Å². The van der Waals surface area contributed by atoms with Gasteiger partial charge in [-0.1, -0.05) is 32.0 Å². The molecule has 122 valence electrons. The summed E-state index contributed by atoms with van der Waals surface area (Å²) in [5.41, 5.74) is 3.33. The van der Waals surface area contributed by atoms with Crippen LogP contribution in [-0.2, 0) is 4.79 Å². The zero-order chi connectivity index (χ0) is 16.4. The molecule has 1 aliphatic heterocycles. The summed E-state index contributed by atoms with van der Waals surface area (Å²) in [7, 11) is 0. The van der Waals surface area contributed by atoms with Gasteiger partial charge in [0.1, 0.15) is 5.82 Å². The number of hydrogen-bond acceptors (Lipinski definition) is 3. The summed E-state index contributed by atoms with van der Waals surface area (Å²) < 4.78 is 1.90. The zero-order valence-electron chi connectivity index (χ0n) is 13.9. The Kier molecular flexibility index (Phi) is 4.76. The first-order valence-corrected chi connectivity index (χ1v) is 9.48. The van der Waals surface area contributed by atoms with Crippen LogP contribution in [0.1, 0.15) is 49.8 Å². The van der Waals surface area contributed by atoms with E-state index < -0.39 is 0 Å². The number of thioether (sulfide) groups is 1. The van der Waals surface area contributed by atoms with Crippen molar-refractivity contribution in [3.8, 4) is 5.69 Å². The molecule has 0 radical (unpaired) electrons. The predicted molar refractivity (Wildman–Crippen MR) is 96.6 cm³/mol. The van der Waals surface area contributed by atoms with Gasteiger partial charge in [0.2, 0.25) is 5.91 Å². The molecule has 3 rings (SSSR count). The van der Waals surface area contributed by atoms with Crippen LogP contribution < -0.4 is 5.32 Å². The number of anilines is 1. The number of amides is 1. The number of carbonyl (C=O) groups excluding carboxylic acids is 1. The van der Waals surface area contributed by atoms with Crippen molar-refractivity contribution in [1.82, 2.24) is 9.78 Å². The molecule has 1 aliphatic rings. The van der Waals surface area contributed by atoms with Gasteiger partial charge in [-0.05, 0) is 42.4 Å². The van der Waals surface area contributed by atoms with Crippen molar-refractivity contribution in [3.63, 3.8) is 0 Å². The minimum atomic E-state index is 0.0935. The number of carbonyl (C=O) groups is 1. The van der Waals surface area contributed by atoms with Crippen molar-refractivity contribution in [3.05, 3.63) is 41.6 Å². The van der Waals surface area contributed by atoms with E-state index in [1.807, 2.05) is 46.8 Å². The summed E-state index contributed by atoms with van der Waals surface area (Å²) in [6, 6.07) is 10.0. The van der Waals surface area contributed by atoms with Gasteiger partial charge in [-0.15, -0.1) is 0 Å². The maximum Gasteiger partial charge on any atom is 0.226 e. The highest BCUT2D eigenvalue weighted by molar-refractivity contribution is 7.98. The fraction of sp³-hybridized carbons (Fsp3) is 0.444. The molecule has 1 amide bonds. The van der Waals surface area contributed by atoms with E-state index >= 15 is 0 Å². The van der Waals surface area contributed by atoms with Gasteiger partial charge in [-0.3, -0.25) is 4.79 Å². The Labute approximate surface area is 141 Å². The van der Waals surface area contributed by atoms with Crippen LogP contribution in [0.4, 0.5) is 5.82 Å². The van der Waals surface area contributed by atoms with E-state index in [9.17, 15) is 4.79 Å². The Balaban J connectivity index is 2.12. The molecule has 2 heterocycles. The van der Waals surface area contributed by atoms with Gasteiger partial charge in [0.15, 0.2) is 0 Å². The molecule has 0 aliphatic carbocycles. The van der Waals surface area contributed by atoms with Crippen LogP contribution in [0.2, 0.25) is 0 Å². The van der Waals surface area contributed by atoms with Crippen LogP contribution in [-0.4, -0.2) is 27.7 Å². The molecular formula is C18H23N3OS. The van der Waals surface area contributed by atoms with E-state index in [4.69, 9.17) is 5.10 Å². The van der Waals surface area contributed by atoms with Crippen LogP contribution in [0.3, 0.4) is 0 Å². The Bertz CT molecular complexity index is 694. The van der Waals surface area contributed by atoms with E-state index in [2.05, 4.69) is 25.4 Å². The molecule has 0 fully saturated rings. The largest absolute Gasteiger partial charge is 0.310 e. The molecule has 0 unspecified atom stereocenters. The molecule has 1 atom stereocenters. The third kappa shape index (κ3) is 3.15. The highest BCUT2D eigenvalue weighted by atomic mass is 32.2. The average Bonchev–Trinajstić information content (AvgIpc) is 2.93. The zero-order valence-corrected chi connectivity index (χ0v) is 14.7. The summed E-state index contributed by atoms with van der Waals surface area (Å²) in [5, 5.41) is 7.91. The van der Waals surface area contributed by atoms with E-state index in [1.165, 1.54) is 5.56 Å². The van der Waals surface area contributed by atoms with Crippen molar-refractivity contribution in [2.24, 2.45) is 0 Å². The fourth-order valence-corrected chi connectivity index (χ4v) is 3.69. The molecule has 0 saturated heterocycles. The Morgan fingerprint density at radius 1 is 1.35 bits per heavy atom. The van der Waals surface area contributed by atoms with Crippen LogP contribution in [0.15, 0.2) is 30.3 Å². The molecule has 2 aromatic rings. The van der Waals surface area contributed by atoms with E-state index in [1.54, 1.807) is 0 Å².